The monoisotopic (exact) mass is 317 g/mol. The summed E-state index contributed by atoms with van der Waals surface area (Å²) in [4.78, 5) is 0. The molecule has 6 heteroatoms. The predicted octanol–water partition coefficient (Wildman–Crippen LogP) is 5.42. The molecule has 2 aromatic rings. The Morgan fingerprint density at radius 3 is 2.52 bits per heavy atom. The maximum absolute atomic E-state index is 13.2. The SMILES string of the molecule is Cc1c(Cl)cccc1NCc1ccc(F)c(C(F)(F)F)c1. The second kappa shape index (κ2) is 5.93. The molecule has 0 saturated carbocycles. The first kappa shape index (κ1) is 15.6. The molecule has 2 aromatic carbocycles. The van der Waals surface area contributed by atoms with Gasteiger partial charge in [-0.05, 0) is 42.3 Å². The van der Waals surface area contributed by atoms with E-state index in [1.165, 1.54) is 6.07 Å². The summed E-state index contributed by atoms with van der Waals surface area (Å²) in [6, 6.07) is 8.19. The summed E-state index contributed by atoms with van der Waals surface area (Å²) in [7, 11) is 0. The smallest absolute Gasteiger partial charge is 0.381 e. The number of hydrogen-bond acceptors (Lipinski definition) is 1. The van der Waals surface area contributed by atoms with Crippen LogP contribution in [0.15, 0.2) is 36.4 Å². The van der Waals surface area contributed by atoms with E-state index in [4.69, 9.17) is 11.6 Å². The van der Waals surface area contributed by atoms with E-state index in [1.54, 1.807) is 25.1 Å². The van der Waals surface area contributed by atoms with Gasteiger partial charge in [-0.3, -0.25) is 0 Å². The molecule has 0 aromatic heterocycles. The van der Waals surface area contributed by atoms with E-state index in [1.807, 2.05) is 0 Å². The molecule has 0 aliphatic rings. The number of rotatable bonds is 3. The van der Waals surface area contributed by atoms with Crippen molar-refractivity contribution in [3.8, 4) is 0 Å². The summed E-state index contributed by atoms with van der Waals surface area (Å²) in [5.41, 5.74) is 0.602. The molecule has 0 atom stereocenters. The minimum absolute atomic E-state index is 0.143. The predicted molar refractivity (Wildman–Crippen MR) is 74.9 cm³/mol. The van der Waals surface area contributed by atoms with Crippen LogP contribution < -0.4 is 5.32 Å². The summed E-state index contributed by atoms with van der Waals surface area (Å²) in [5.74, 6) is -1.27. The molecule has 0 spiro atoms. The van der Waals surface area contributed by atoms with Gasteiger partial charge < -0.3 is 5.32 Å². The van der Waals surface area contributed by atoms with Crippen molar-refractivity contribution >= 4 is 17.3 Å². The highest BCUT2D eigenvalue weighted by molar-refractivity contribution is 6.31. The summed E-state index contributed by atoms with van der Waals surface area (Å²) in [6.07, 6.45) is -4.70. The van der Waals surface area contributed by atoms with Crippen LogP contribution in [0.2, 0.25) is 5.02 Å². The summed E-state index contributed by atoms with van der Waals surface area (Å²) >= 11 is 5.96. The summed E-state index contributed by atoms with van der Waals surface area (Å²) in [6.45, 7) is 1.95. The van der Waals surface area contributed by atoms with Crippen LogP contribution in [-0.4, -0.2) is 0 Å². The van der Waals surface area contributed by atoms with Gasteiger partial charge in [0.15, 0.2) is 0 Å². The zero-order chi connectivity index (χ0) is 15.6. The van der Waals surface area contributed by atoms with E-state index in [-0.39, 0.29) is 6.54 Å². The van der Waals surface area contributed by atoms with E-state index >= 15 is 0 Å². The van der Waals surface area contributed by atoms with E-state index in [0.29, 0.717) is 10.6 Å². The Morgan fingerprint density at radius 2 is 1.86 bits per heavy atom. The fraction of sp³-hybridized carbons (Fsp3) is 0.200. The fourth-order valence-corrected chi connectivity index (χ4v) is 2.07. The fourth-order valence-electron chi connectivity index (χ4n) is 1.90. The van der Waals surface area contributed by atoms with Crippen molar-refractivity contribution in [2.45, 2.75) is 19.6 Å². The number of hydrogen-bond donors (Lipinski definition) is 1. The van der Waals surface area contributed by atoms with Crippen LogP contribution in [0.1, 0.15) is 16.7 Å². The van der Waals surface area contributed by atoms with Crippen LogP contribution in [0, 0.1) is 12.7 Å². The number of benzene rings is 2. The van der Waals surface area contributed by atoms with Crippen LogP contribution in [-0.2, 0) is 12.7 Å². The van der Waals surface area contributed by atoms with E-state index in [9.17, 15) is 17.6 Å². The van der Waals surface area contributed by atoms with Crippen molar-refractivity contribution < 1.29 is 17.6 Å². The molecule has 0 radical (unpaired) electrons. The van der Waals surface area contributed by atoms with Crippen LogP contribution >= 0.6 is 11.6 Å². The molecular weight excluding hydrogens is 306 g/mol. The third-order valence-electron chi connectivity index (χ3n) is 3.09. The van der Waals surface area contributed by atoms with Gasteiger partial charge in [0, 0.05) is 17.3 Å². The zero-order valence-corrected chi connectivity index (χ0v) is 11.8. The number of alkyl halides is 3. The maximum Gasteiger partial charge on any atom is 0.419 e. The van der Waals surface area contributed by atoms with Gasteiger partial charge in [-0.15, -0.1) is 0 Å². The van der Waals surface area contributed by atoms with Gasteiger partial charge in [0.2, 0.25) is 0 Å². The first-order valence-electron chi connectivity index (χ1n) is 6.13. The summed E-state index contributed by atoms with van der Waals surface area (Å²) in [5, 5.41) is 3.56. The van der Waals surface area contributed by atoms with Gasteiger partial charge in [0.1, 0.15) is 5.82 Å². The topological polar surface area (TPSA) is 12.0 Å². The largest absolute Gasteiger partial charge is 0.419 e. The average molecular weight is 318 g/mol. The van der Waals surface area contributed by atoms with Crippen molar-refractivity contribution in [2.24, 2.45) is 0 Å². The highest BCUT2D eigenvalue weighted by atomic mass is 35.5. The second-order valence-corrected chi connectivity index (χ2v) is 4.99. The minimum atomic E-state index is -4.70. The molecular formula is C15H12ClF4N. The lowest BCUT2D eigenvalue weighted by molar-refractivity contribution is -0.140. The molecule has 0 unspecified atom stereocenters. The Balaban J connectivity index is 2.19. The van der Waals surface area contributed by atoms with E-state index in [0.717, 1.165) is 23.4 Å². The van der Waals surface area contributed by atoms with Crippen molar-refractivity contribution in [3.05, 3.63) is 63.9 Å². The van der Waals surface area contributed by atoms with Crippen molar-refractivity contribution in [3.63, 3.8) is 0 Å². The Bertz CT molecular complexity index is 653. The molecule has 2 rings (SSSR count). The lowest BCUT2D eigenvalue weighted by atomic mass is 10.1. The van der Waals surface area contributed by atoms with Gasteiger partial charge in [0.25, 0.3) is 0 Å². The van der Waals surface area contributed by atoms with Gasteiger partial charge in [0.05, 0.1) is 5.56 Å². The highest BCUT2D eigenvalue weighted by Crippen LogP contribution is 2.32. The molecule has 0 bridgehead atoms. The Labute approximate surface area is 124 Å². The third-order valence-corrected chi connectivity index (χ3v) is 3.50. The van der Waals surface area contributed by atoms with Gasteiger partial charge in [-0.2, -0.15) is 13.2 Å². The van der Waals surface area contributed by atoms with Crippen LogP contribution in [0.5, 0.6) is 0 Å². The molecule has 0 saturated heterocycles. The van der Waals surface area contributed by atoms with Gasteiger partial charge in [-0.25, -0.2) is 4.39 Å². The first-order valence-corrected chi connectivity index (χ1v) is 6.51. The Hall–Kier alpha value is -1.75. The molecule has 112 valence electrons. The maximum atomic E-state index is 13.2. The van der Waals surface area contributed by atoms with Crippen LogP contribution in [0.3, 0.4) is 0 Å². The van der Waals surface area contributed by atoms with Crippen molar-refractivity contribution in [1.29, 1.82) is 0 Å². The van der Waals surface area contributed by atoms with Crippen LogP contribution in [0.4, 0.5) is 23.2 Å². The molecule has 0 amide bonds. The van der Waals surface area contributed by atoms with E-state index in [2.05, 4.69) is 5.32 Å². The van der Waals surface area contributed by atoms with Crippen molar-refractivity contribution in [1.82, 2.24) is 0 Å². The number of anilines is 1. The molecule has 1 nitrogen and oxygen atoms in total. The third kappa shape index (κ3) is 3.67. The van der Waals surface area contributed by atoms with Gasteiger partial charge >= 0.3 is 6.18 Å². The number of halogens is 5. The molecule has 0 aliphatic carbocycles. The standard InChI is InChI=1S/C15H12ClF4N/c1-9-12(16)3-2-4-14(9)21-8-10-5-6-13(17)11(7-10)15(18,19)20/h2-7,21H,8H2,1H3. The Morgan fingerprint density at radius 1 is 1.14 bits per heavy atom. The quantitative estimate of drug-likeness (QED) is 0.745. The van der Waals surface area contributed by atoms with Crippen LogP contribution in [0.25, 0.3) is 0 Å². The van der Waals surface area contributed by atoms with Crippen molar-refractivity contribution in [2.75, 3.05) is 5.32 Å². The molecule has 1 N–H and O–H groups in total. The zero-order valence-electron chi connectivity index (χ0n) is 11.1. The number of nitrogens with one attached hydrogen (secondary N) is 1. The Kier molecular flexibility index (Phi) is 4.42. The molecule has 0 aliphatic heterocycles. The lowest BCUT2D eigenvalue weighted by Crippen LogP contribution is -2.10. The normalized spacial score (nSPS) is 11.5. The average Bonchev–Trinajstić information content (AvgIpc) is 2.40. The minimum Gasteiger partial charge on any atom is -0.381 e. The lowest BCUT2D eigenvalue weighted by Gasteiger charge is -2.13. The molecule has 0 heterocycles. The highest BCUT2D eigenvalue weighted by Gasteiger charge is 2.34. The summed E-state index contributed by atoms with van der Waals surface area (Å²) < 4.78 is 51.1. The second-order valence-electron chi connectivity index (χ2n) is 4.58. The molecule has 0 fully saturated rings. The van der Waals surface area contributed by atoms with Gasteiger partial charge in [-0.1, -0.05) is 23.7 Å². The first-order chi connectivity index (χ1) is 9.79. The van der Waals surface area contributed by atoms with E-state index < -0.39 is 17.6 Å². The molecule has 21 heavy (non-hydrogen) atoms.